The minimum Gasteiger partial charge on any atom is -0.394 e. The van der Waals surface area contributed by atoms with Crippen molar-refractivity contribution in [1.82, 2.24) is 0 Å². The highest BCUT2D eigenvalue weighted by molar-refractivity contribution is 4.87. The number of hydrogen-bond acceptors (Lipinski definition) is 7. The third-order valence-corrected chi connectivity index (χ3v) is 2.58. The number of epoxide rings is 1. The van der Waals surface area contributed by atoms with Crippen molar-refractivity contribution in [1.29, 1.82) is 0 Å². The van der Waals surface area contributed by atoms with Crippen LogP contribution in [-0.2, 0) is 4.74 Å². The molecule has 96 valence electrons. The molecular weight excluding hydrogens is 220 g/mol. The third kappa shape index (κ3) is 3.63. The molecule has 0 spiro atoms. The van der Waals surface area contributed by atoms with Crippen molar-refractivity contribution in [2.24, 2.45) is 0 Å². The van der Waals surface area contributed by atoms with Crippen LogP contribution >= 0.6 is 0 Å². The Balaban J connectivity index is 2.40. The van der Waals surface area contributed by atoms with E-state index in [1.54, 1.807) is 0 Å². The molecule has 1 aliphatic heterocycles. The highest BCUT2D eigenvalue weighted by Crippen LogP contribution is 2.19. The maximum absolute atomic E-state index is 9.47. The van der Waals surface area contributed by atoms with Gasteiger partial charge in [0.1, 0.15) is 24.4 Å². The largest absolute Gasteiger partial charge is 0.394 e. The van der Waals surface area contributed by atoms with Crippen molar-refractivity contribution >= 4 is 0 Å². The standard InChI is InChI=1S/C9H18O7/c10-2-6(12)8(14)9(15)7(13)5(11)1-4-3-16-4/h4-15H,1-3H2/t4?,5?,6-,7+,8+,9+/m0/s1. The summed E-state index contributed by atoms with van der Waals surface area (Å²) in [7, 11) is 0. The van der Waals surface area contributed by atoms with Crippen LogP contribution in [0, 0.1) is 0 Å². The molecule has 1 heterocycles. The van der Waals surface area contributed by atoms with Gasteiger partial charge in [0.2, 0.25) is 0 Å². The summed E-state index contributed by atoms with van der Waals surface area (Å²) in [6, 6.07) is 0. The van der Waals surface area contributed by atoms with E-state index >= 15 is 0 Å². The maximum Gasteiger partial charge on any atom is 0.111 e. The lowest BCUT2D eigenvalue weighted by molar-refractivity contribution is -0.141. The molecule has 1 aliphatic rings. The van der Waals surface area contributed by atoms with Gasteiger partial charge in [-0.1, -0.05) is 0 Å². The molecule has 0 amide bonds. The molecule has 2 unspecified atom stereocenters. The van der Waals surface area contributed by atoms with Gasteiger partial charge >= 0.3 is 0 Å². The first-order valence-corrected chi connectivity index (χ1v) is 5.10. The topological polar surface area (TPSA) is 134 Å². The van der Waals surface area contributed by atoms with E-state index < -0.39 is 37.1 Å². The van der Waals surface area contributed by atoms with Gasteiger partial charge in [0.15, 0.2) is 0 Å². The lowest BCUT2D eigenvalue weighted by Gasteiger charge is -2.28. The van der Waals surface area contributed by atoms with Crippen LogP contribution in [0.15, 0.2) is 0 Å². The molecule has 1 fully saturated rings. The van der Waals surface area contributed by atoms with Gasteiger partial charge in [0, 0.05) is 6.42 Å². The van der Waals surface area contributed by atoms with E-state index in [1.165, 1.54) is 0 Å². The number of rotatable bonds is 7. The molecule has 0 aliphatic carbocycles. The zero-order valence-electron chi connectivity index (χ0n) is 8.68. The lowest BCUT2D eigenvalue weighted by Crippen LogP contribution is -2.50. The Hall–Kier alpha value is -0.280. The SMILES string of the molecule is OC[C@H](O)[C@@H](O)[C@H](O)[C@H](O)C(O)CC1CO1. The summed E-state index contributed by atoms with van der Waals surface area (Å²) < 4.78 is 4.83. The quantitative estimate of drug-likeness (QED) is 0.254. The zero-order valence-corrected chi connectivity index (χ0v) is 8.68. The molecule has 6 N–H and O–H groups in total. The molecule has 7 nitrogen and oxygen atoms in total. The van der Waals surface area contributed by atoms with E-state index in [2.05, 4.69) is 0 Å². The van der Waals surface area contributed by atoms with Crippen LogP contribution in [0.25, 0.3) is 0 Å². The second-order valence-electron chi connectivity index (χ2n) is 3.98. The molecule has 1 rings (SSSR count). The summed E-state index contributed by atoms with van der Waals surface area (Å²) in [6.07, 6.45) is -7.82. The molecule has 16 heavy (non-hydrogen) atoms. The number of ether oxygens (including phenoxy) is 1. The van der Waals surface area contributed by atoms with Gasteiger partial charge in [-0.05, 0) is 0 Å². The van der Waals surface area contributed by atoms with Crippen molar-refractivity contribution in [2.45, 2.75) is 43.0 Å². The van der Waals surface area contributed by atoms with Gasteiger partial charge in [-0.2, -0.15) is 0 Å². The Morgan fingerprint density at radius 1 is 0.938 bits per heavy atom. The van der Waals surface area contributed by atoms with Crippen LogP contribution in [0.4, 0.5) is 0 Å². The Bertz CT molecular complexity index is 208. The summed E-state index contributed by atoms with van der Waals surface area (Å²) in [6.45, 7) is -0.242. The minimum atomic E-state index is -1.73. The van der Waals surface area contributed by atoms with E-state index in [4.69, 9.17) is 14.9 Å². The molecule has 0 aromatic rings. The molecule has 0 radical (unpaired) electrons. The van der Waals surface area contributed by atoms with Crippen LogP contribution in [0.2, 0.25) is 0 Å². The van der Waals surface area contributed by atoms with Crippen molar-refractivity contribution in [3.63, 3.8) is 0 Å². The molecule has 1 saturated heterocycles. The first-order chi connectivity index (χ1) is 7.47. The normalized spacial score (nSPS) is 29.2. The fraction of sp³-hybridized carbons (Fsp3) is 1.00. The van der Waals surface area contributed by atoms with Gasteiger partial charge in [0.25, 0.3) is 0 Å². The van der Waals surface area contributed by atoms with Crippen LogP contribution in [0.1, 0.15) is 6.42 Å². The van der Waals surface area contributed by atoms with Crippen LogP contribution in [-0.4, -0.2) is 80.5 Å². The van der Waals surface area contributed by atoms with Crippen molar-refractivity contribution in [3.05, 3.63) is 0 Å². The number of hydrogen-bond donors (Lipinski definition) is 6. The van der Waals surface area contributed by atoms with Crippen LogP contribution in [0.3, 0.4) is 0 Å². The molecule has 0 aromatic heterocycles. The minimum absolute atomic E-state index is 0.128. The molecule has 0 saturated carbocycles. The summed E-state index contributed by atoms with van der Waals surface area (Å²) >= 11 is 0. The highest BCUT2D eigenvalue weighted by Gasteiger charge is 2.36. The lowest BCUT2D eigenvalue weighted by atomic mass is 9.97. The maximum atomic E-state index is 9.47. The molecule has 6 atom stereocenters. The molecule has 0 aromatic carbocycles. The first-order valence-electron chi connectivity index (χ1n) is 5.10. The Labute approximate surface area is 92.5 Å². The predicted molar refractivity (Wildman–Crippen MR) is 51.5 cm³/mol. The van der Waals surface area contributed by atoms with E-state index in [0.717, 1.165) is 0 Å². The number of aliphatic hydroxyl groups excluding tert-OH is 6. The smallest absolute Gasteiger partial charge is 0.111 e. The molecular formula is C9H18O7. The monoisotopic (exact) mass is 238 g/mol. The predicted octanol–water partition coefficient (Wildman–Crippen LogP) is -3.43. The van der Waals surface area contributed by atoms with E-state index in [9.17, 15) is 20.4 Å². The second kappa shape index (κ2) is 5.87. The Morgan fingerprint density at radius 2 is 1.44 bits per heavy atom. The van der Waals surface area contributed by atoms with Gasteiger partial charge in [-0.15, -0.1) is 0 Å². The van der Waals surface area contributed by atoms with Crippen molar-refractivity contribution in [2.75, 3.05) is 13.2 Å². The van der Waals surface area contributed by atoms with Crippen molar-refractivity contribution in [3.8, 4) is 0 Å². The zero-order chi connectivity index (χ0) is 12.3. The summed E-state index contributed by atoms with van der Waals surface area (Å²) in [4.78, 5) is 0. The average Bonchev–Trinajstić information content (AvgIpc) is 3.08. The summed E-state index contributed by atoms with van der Waals surface area (Å²) in [5, 5.41) is 55.2. The first kappa shape index (κ1) is 13.8. The van der Waals surface area contributed by atoms with Gasteiger partial charge in [-0.3, -0.25) is 0 Å². The number of aliphatic hydroxyl groups is 6. The second-order valence-corrected chi connectivity index (χ2v) is 3.98. The van der Waals surface area contributed by atoms with Gasteiger partial charge in [0.05, 0.1) is 25.4 Å². The summed E-state index contributed by atoms with van der Waals surface area (Å²) in [5.41, 5.74) is 0. The van der Waals surface area contributed by atoms with Crippen molar-refractivity contribution < 1.29 is 35.4 Å². The fourth-order valence-corrected chi connectivity index (χ4v) is 1.38. The van der Waals surface area contributed by atoms with Crippen LogP contribution < -0.4 is 0 Å². The Morgan fingerprint density at radius 3 is 1.88 bits per heavy atom. The van der Waals surface area contributed by atoms with Gasteiger partial charge in [-0.25, -0.2) is 0 Å². The average molecular weight is 238 g/mol. The van der Waals surface area contributed by atoms with E-state index in [-0.39, 0.29) is 12.5 Å². The van der Waals surface area contributed by atoms with E-state index in [1.807, 2.05) is 0 Å². The summed E-state index contributed by atoms with van der Waals surface area (Å²) in [5.74, 6) is 0. The Kier molecular flexibility index (Phi) is 5.06. The van der Waals surface area contributed by atoms with E-state index in [0.29, 0.717) is 6.61 Å². The van der Waals surface area contributed by atoms with Gasteiger partial charge < -0.3 is 35.4 Å². The molecule has 0 bridgehead atoms. The van der Waals surface area contributed by atoms with Crippen LogP contribution in [0.5, 0.6) is 0 Å². The molecule has 7 heteroatoms. The highest BCUT2D eigenvalue weighted by atomic mass is 16.6. The fourth-order valence-electron chi connectivity index (χ4n) is 1.38. The third-order valence-electron chi connectivity index (χ3n) is 2.58.